The lowest BCUT2D eigenvalue weighted by Crippen LogP contribution is -2.28. The van der Waals surface area contributed by atoms with Crippen molar-refractivity contribution in [2.75, 3.05) is 16.3 Å². The van der Waals surface area contributed by atoms with Crippen LogP contribution in [0.2, 0.25) is 10.0 Å². The van der Waals surface area contributed by atoms with Gasteiger partial charge in [0.2, 0.25) is 10.0 Å². The Morgan fingerprint density at radius 2 is 1.63 bits per heavy atom. The van der Waals surface area contributed by atoms with Crippen LogP contribution in [-0.4, -0.2) is 55.6 Å². The number of rotatable bonds is 8. The average Bonchev–Trinajstić information content (AvgIpc) is 3.58. The molecular formula is C38H25Cl2N7O8S2. The van der Waals surface area contributed by atoms with Gasteiger partial charge in [0, 0.05) is 56.5 Å². The minimum absolute atomic E-state index is 0.0283. The van der Waals surface area contributed by atoms with Gasteiger partial charge < -0.3 is 30.2 Å². The molecule has 0 bridgehead atoms. The van der Waals surface area contributed by atoms with Gasteiger partial charge in [0.05, 0.1) is 33.9 Å². The molecule has 0 unspecified atom stereocenters. The first-order valence-corrected chi connectivity index (χ1v) is 19.7. The summed E-state index contributed by atoms with van der Waals surface area (Å²) >= 11 is 18.7. The summed E-state index contributed by atoms with van der Waals surface area (Å²) in [5, 5.41) is 32.3. The summed E-state index contributed by atoms with van der Waals surface area (Å²) in [4.78, 5) is 45.1. The number of hydrogen-bond acceptors (Lipinski definition) is 10. The summed E-state index contributed by atoms with van der Waals surface area (Å²) in [5.41, 5.74) is 2.84. The number of fused-ring (bicyclic) bond motifs is 5. The molecule has 0 fully saturated rings. The number of phenols is 1. The van der Waals surface area contributed by atoms with Crippen molar-refractivity contribution in [2.24, 2.45) is 0 Å². The molecule has 6 aromatic rings. The first-order chi connectivity index (χ1) is 27.1. The zero-order chi connectivity index (χ0) is 40.3. The average molecular weight is 843 g/mol. The second-order valence-corrected chi connectivity index (χ2v) is 15.8. The summed E-state index contributed by atoms with van der Waals surface area (Å²) in [5.74, 6) is -0.874. The van der Waals surface area contributed by atoms with Crippen molar-refractivity contribution in [1.29, 1.82) is 0 Å². The van der Waals surface area contributed by atoms with Crippen LogP contribution in [0.4, 0.5) is 11.4 Å². The number of nitrogens with one attached hydrogen (secondary N) is 4. The quantitative estimate of drug-likeness (QED) is 0.0695. The number of aromatic amines is 1. The monoisotopic (exact) mass is 841 g/mol. The molecule has 57 heavy (non-hydrogen) atoms. The van der Waals surface area contributed by atoms with Crippen molar-refractivity contribution in [2.45, 2.75) is 6.54 Å². The second kappa shape index (κ2) is 14.2. The van der Waals surface area contributed by atoms with Crippen molar-refractivity contribution in [3.8, 4) is 39.3 Å². The molecule has 286 valence electrons. The summed E-state index contributed by atoms with van der Waals surface area (Å²) in [6.45, 7) is -0.0283. The van der Waals surface area contributed by atoms with Gasteiger partial charge in [0.1, 0.15) is 17.1 Å². The maximum atomic E-state index is 13.0. The molecule has 1 aliphatic carbocycles. The van der Waals surface area contributed by atoms with Crippen LogP contribution in [0.1, 0.15) is 16.2 Å². The predicted molar refractivity (Wildman–Crippen MR) is 221 cm³/mol. The lowest BCUT2D eigenvalue weighted by molar-refractivity contribution is 0.0697. The fraction of sp³-hybridized carbons (Fsp3) is 0.0526. The SMILES string of the molecule is CS(=O)(=O)Nc1ccc(-c2cc3c(cc2Cl)[nH]c(=O)n2nc(CNC(=S)Nc4ccc(-c5c6ccc(=O)cc-6oc6cc(O)ccc56)c(C(=O)O)c4)nc32)c(Cl)c1. The second-order valence-electron chi connectivity index (χ2n) is 12.8. The van der Waals surface area contributed by atoms with Crippen LogP contribution in [0.5, 0.6) is 5.75 Å². The number of aromatic carboxylic acids is 1. The summed E-state index contributed by atoms with van der Waals surface area (Å²) in [6, 6.07) is 21.2. The molecule has 3 heterocycles. The minimum Gasteiger partial charge on any atom is -0.508 e. The maximum Gasteiger partial charge on any atom is 0.348 e. The van der Waals surface area contributed by atoms with E-state index in [-0.39, 0.29) is 66.9 Å². The lowest BCUT2D eigenvalue weighted by Gasteiger charge is -2.18. The number of thiocarbonyl (C=S) groups is 1. The van der Waals surface area contributed by atoms with Gasteiger partial charge in [-0.25, -0.2) is 23.0 Å². The Hall–Kier alpha value is -6.53. The molecule has 15 nitrogen and oxygen atoms in total. The molecule has 0 amide bonds. The first kappa shape index (κ1) is 37.4. The van der Waals surface area contributed by atoms with Crippen LogP contribution >= 0.6 is 35.4 Å². The van der Waals surface area contributed by atoms with E-state index in [0.717, 1.165) is 10.8 Å². The molecule has 0 saturated carbocycles. The number of H-pyrrole nitrogens is 1. The standard InChI is InChI=1S/C38H25Cl2N7O8S2/c1-57(53,54)46-18-3-6-21(28(39)11-18)25-14-27-30(15-29(25)40)43-38(52)47-35(27)44-33(45-47)16-41-37(56)42-17-2-7-22(26(10-17)36(50)51)34-23-8-4-19(48)12-31(23)55-32-13-20(49)5-9-24(32)34/h2-15,46,48H,16H2,1H3,(H,43,52)(H,50,51)(H2,41,42,56). The largest absolute Gasteiger partial charge is 0.508 e. The number of carbonyl (C=O) groups is 1. The molecular weight excluding hydrogens is 817 g/mol. The minimum atomic E-state index is -3.53. The number of carboxylic acids is 1. The molecule has 0 radical (unpaired) electrons. The zero-order valence-electron chi connectivity index (χ0n) is 29.0. The van der Waals surface area contributed by atoms with Gasteiger partial charge in [-0.05, 0) is 78.4 Å². The van der Waals surface area contributed by atoms with E-state index in [1.54, 1.807) is 48.5 Å². The van der Waals surface area contributed by atoms with Crippen LogP contribution in [-0.2, 0) is 16.6 Å². The Morgan fingerprint density at radius 1 is 0.895 bits per heavy atom. The number of aromatic nitrogens is 4. The zero-order valence-corrected chi connectivity index (χ0v) is 32.2. The van der Waals surface area contributed by atoms with Crippen molar-refractivity contribution in [1.82, 2.24) is 24.9 Å². The van der Waals surface area contributed by atoms with E-state index in [2.05, 4.69) is 30.4 Å². The topological polar surface area (TPSA) is 221 Å². The molecule has 2 aromatic heterocycles. The van der Waals surface area contributed by atoms with E-state index in [9.17, 15) is 33.0 Å². The van der Waals surface area contributed by atoms with Crippen LogP contribution in [0.25, 0.3) is 61.1 Å². The highest BCUT2D eigenvalue weighted by Gasteiger charge is 2.23. The smallest absolute Gasteiger partial charge is 0.348 e. The normalized spacial score (nSPS) is 11.7. The fourth-order valence-electron chi connectivity index (χ4n) is 6.49. The van der Waals surface area contributed by atoms with Crippen molar-refractivity contribution in [3.05, 3.63) is 127 Å². The summed E-state index contributed by atoms with van der Waals surface area (Å²) in [7, 11) is -3.53. The van der Waals surface area contributed by atoms with Gasteiger partial charge in [-0.3, -0.25) is 9.52 Å². The number of sulfonamides is 1. The number of anilines is 2. The third-order valence-corrected chi connectivity index (χ3v) is 10.3. The van der Waals surface area contributed by atoms with E-state index in [1.807, 2.05) is 0 Å². The van der Waals surface area contributed by atoms with Crippen molar-refractivity contribution in [3.63, 3.8) is 0 Å². The van der Waals surface area contributed by atoms with E-state index in [0.29, 0.717) is 49.8 Å². The highest BCUT2D eigenvalue weighted by Crippen LogP contribution is 2.43. The molecule has 19 heteroatoms. The Morgan fingerprint density at radius 3 is 2.39 bits per heavy atom. The van der Waals surface area contributed by atoms with Crippen LogP contribution < -0.4 is 26.5 Å². The van der Waals surface area contributed by atoms with Gasteiger partial charge in [-0.1, -0.05) is 35.3 Å². The number of aromatic hydroxyl groups is 1. The summed E-state index contributed by atoms with van der Waals surface area (Å²) in [6.07, 6.45) is 1.03. The fourth-order valence-corrected chi connectivity index (χ4v) is 7.79. The number of carboxylic acid groups (broad SMARTS) is 1. The molecule has 2 aliphatic rings. The van der Waals surface area contributed by atoms with Gasteiger partial charge in [0.25, 0.3) is 0 Å². The molecule has 0 spiro atoms. The molecule has 0 saturated heterocycles. The molecule has 4 aromatic carbocycles. The van der Waals surface area contributed by atoms with Crippen LogP contribution in [0, 0.1) is 0 Å². The molecule has 1 aliphatic heterocycles. The van der Waals surface area contributed by atoms with Gasteiger partial charge in [-0.15, -0.1) is 5.10 Å². The number of phenolic OH excluding ortho intramolecular Hbond substituents is 1. The van der Waals surface area contributed by atoms with E-state index in [1.165, 1.54) is 36.4 Å². The Labute approximate surface area is 335 Å². The molecule has 8 rings (SSSR count). The predicted octanol–water partition coefficient (Wildman–Crippen LogP) is 6.68. The van der Waals surface area contributed by atoms with Crippen molar-refractivity contribution >= 4 is 95.4 Å². The van der Waals surface area contributed by atoms with Crippen LogP contribution in [0.15, 0.2) is 98.9 Å². The molecule has 6 N–H and O–H groups in total. The van der Waals surface area contributed by atoms with E-state index >= 15 is 0 Å². The van der Waals surface area contributed by atoms with E-state index < -0.39 is 21.7 Å². The third kappa shape index (κ3) is 7.31. The van der Waals surface area contributed by atoms with Crippen molar-refractivity contribution < 1.29 is 27.8 Å². The highest BCUT2D eigenvalue weighted by molar-refractivity contribution is 7.92. The van der Waals surface area contributed by atoms with E-state index in [4.69, 9.17) is 39.8 Å². The summed E-state index contributed by atoms with van der Waals surface area (Å²) < 4.78 is 32.7. The Bertz CT molecular complexity index is 3220. The van der Waals surface area contributed by atoms with Gasteiger partial charge in [0.15, 0.2) is 22.0 Å². The van der Waals surface area contributed by atoms with Gasteiger partial charge in [-0.2, -0.15) is 4.52 Å². The Kier molecular flexibility index (Phi) is 9.32. The molecule has 0 atom stereocenters. The first-order valence-electron chi connectivity index (χ1n) is 16.6. The lowest BCUT2D eigenvalue weighted by atomic mass is 9.90. The number of hydrogen-bond donors (Lipinski definition) is 6. The number of nitrogens with zero attached hydrogens (tertiary/aromatic N) is 3. The number of benzene rings is 5. The third-order valence-electron chi connectivity index (χ3n) is 8.86. The van der Waals surface area contributed by atoms with Gasteiger partial charge >= 0.3 is 11.7 Å². The Balaban J connectivity index is 1.07. The van der Waals surface area contributed by atoms with Crippen LogP contribution in [0.3, 0.4) is 0 Å². The number of halogens is 2. The highest BCUT2D eigenvalue weighted by atomic mass is 35.5. The maximum absolute atomic E-state index is 13.0.